The second-order valence-corrected chi connectivity index (χ2v) is 8.59. The van der Waals surface area contributed by atoms with Crippen LogP contribution < -0.4 is 14.8 Å². The van der Waals surface area contributed by atoms with Crippen LogP contribution in [0.5, 0.6) is 11.6 Å². The topological polar surface area (TPSA) is 56.3 Å². The molecule has 0 amide bonds. The Balaban J connectivity index is 1.75. The van der Waals surface area contributed by atoms with E-state index in [4.69, 9.17) is 9.47 Å². The maximum absolute atomic E-state index is 14.6. The Kier molecular flexibility index (Phi) is 7.09. The number of thioether (sulfide) groups is 1. The largest absolute Gasteiger partial charge is 0.490 e. The number of nitrogens with one attached hydrogen (secondary N) is 1. The van der Waals surface area contributed by atoms with Crippen molar-refractivity contribution in [1.82, 2.24) is 9.97 Å². The zero-order valence-electron chi connectivity index (χ0n) is 18.0. The van der Waals surface area contributed by atoms with Crippen molar-refractivity contribution in [2.24, 2.45) is 0 Å². The molecule has 0 radical (unpaired) electrons. The number of halogens is 2. The molecule has 1 aromatic carbocycles. The molecule has 1 aliphatic rings. The Morgan fingerprint density at radius 1 is 1.09 bits per heavy atom. The smallest absolute Gasteiger partial charge is 0.215 e. The molecular weight excluding hydrogens is 432 g/mol. The lowest BCUT2D eigenvalue weighted by Gasteiger charge is -2.16. The van der Waals surface area contributed by atoms with Crippen molar-refractivity contribution in [2.45, 2.75) is 38.0 Å². The second kappa shape index (κ2) is 10.2. The molecule has 0 fully saturated rings. The van der Waals surface area contributed by atoms with Crippen LogP contribution in [0.4, 0.5) is 20.4 Å². The van der Waals surface area contributed by atoms with E-state index in [1.54, 1.807) is 17.8 Å². The number of pyridine rings is 2. The van der Waals surface area contributed by atoms with Gasteiger partial charge in [0.1, 0.15) is 17.5 Å². The van der Waals surface area contributed by atoms with E-state index in [0.717, 1.165) is 36.8 Å². The van der Waals surface area contributed by atoms with E-state index in [-0.39, 0.29) is 11.9 Å². The van der Waals surface area contributed by atoms with Crippen LogP contribution in [0.2, 0.25) is 0 Å². The molecule has 32 heavy (non-hydrogen) atoms. The van der Waals surface area contributed by atoms with E-state index in [9.17, 15) is 8.78 Å². The number of hydrogen-bond donors (Lipinski definition) is 1. The normalized spacial score (nSPS) is 16.3. The van der Waals surface area contributed by atoms with Gasteiger partial charge in [-0.1, -0.05) is 6.07 Å². The lowest BCUT2D eigenvalue weighted by molar-refractivity contribution is 0.193. The van der Waals surface area contributed by atoms with Gasteiger partial charge in [0, 0.05) is 17.4 Å². The van der Waals surface area contributed by atoms with Crippen LogP contribution in [-0.4, -0.2) is 28.9 Å². The molecule has 3 aromatic rings. The number of fused-ring (bicyclic) bond motifs is 7. The predicted molar refractivity (Wildman–Crippen MR) is 124 cm³/mol. The predicted octanol–water partition coefficient (Wildman–Crippen LogP) is 6.36. The number of nitrogens with zero attached hydrogens (tertiary/aromatic N) is 2. The third-order valence-electron chi connectivity index (χ3n) is 5.11. The van der Waals surface area contributed by atoms with Gasteiger partial charge in [-0.2, -0.15) is 16.7 Å². The first-order valence-electron chi connectivity index (χ1n) is 10.5. The summed E-state index contributed by atoms with van der Waals surface area (Å²) in [6.07, 6.45) is 5.56. The Bertz CT molecular complexity index is 1100. The highest BCUT2D eigenvalue weighted by Crippen LogP contribution is 2.31. The van der Waals surface area contributed by atoms with Crippen LogP contribution >= 0.6 is 11.8 Å². The van der Waals surface area contributed by atoms with Gasteiger partial charge in [0.05, 0.1) is 18.9 Å². The summed E-state index contributed by atoms with van der Waals surface area (Å²) in [5.41, 5.74) is 1.87. The molecule has 168 valence electrons. The average Bonchev–Trinajstić information content (AvgIpc) is 2.76. The van der Waals surface area contributed by atoms with Crippen LogP contribution in [0, 0.1) is 11.6 Å². The van der Waals surface area contributed by atoms with Crippen molar-refractivity contribution in [1.29, 1.82) is 0 Å². The van der Waals surface area contributed by atoms with Crippen LogP contribution in [0.1, 0.15) is 31.7 Å². The summed E-state index contributed by atoms with van der Waals surface area (Å²) in [5, 5.41) is 3.15. The molecular formula is C24H25F2N3O2S. The minimum atomic E-state index is -0.507. The molecule has 1 N–H and O–H groups in total. The van der Waals surface area contributed by atoms with E-state index in [2.05, 4.69) is 15.3 Å². The highest BCUT2D eigenvalue weighted by atomic mass is 32.2. The summed E-state index contributed by atoms with van der Waals surface area (Å²) in [7, 11) is 0. The molecule has 8 heteroatoms. The van der Waals surface area contributed by atoms with Crippen molar-refractivity contribution in [3.05, 3.63) is 59.8 Å². The standard InChI is InChI=1S/C24H25F2N3O2S/c1-15-5-3-4-8-30-21-11-17(6-7-19(21)25)18-12-22(27-13-20(18)26)28-23-9-16(14-32-2)10-24(29-23)31-15/h6-7,9-13,15H,3-5,8,14H2,1-2H3,(H,27,28,29)/t15-/m1/s1. The third kappa shape index (κ3) is 5.48. The summed E-state index contributed by atoms with van der Waals surface area (Å²) in [5.74, 6) is 1.45. The number of benzene rings is 1. The van der Waals surface area contributed by atoms with Gasteiger partial charge in [-0.25, -0.2) is 13.8 Å². The SMILES string of the molecule is CSCc1cc2nc(c1)O[C@H](C)CCCCOc1cc(ccc1F)-c1cc(ncc1F)N2. The van der Waals surface area contributed by atoms with E-state index >= 15 is 0 Å². The molecule has 5 nitrogen and oxygen atoms in total. The highest BCUT2D eigenvalue weighted by molar-refractivity contribution is 7.97. The molecule has 0 saturated carbocycles. The quantitative estimate of drug-likeness (QED) is 0.483. The van der Waals surface area contributed by atoms with Crippen molar-refractivity contribution < 1.29 is 18.3 Å². The second-order valence-electron chi connectivity index (χ2n) is 7.72. The summed E-state index contributed by atoms with van der Waals surface area (Å²) in [6, 6.07) is 9.79. The molecule has 0 unspecified atom stereocenters. The first-order chi connectivity index (χ1) is 15.5. The first kappa shape index (κ1) is 22.3. The fourth-order valence-electron chi connectivity index (χ4n) is 3.56. The summed E-state index contributed by atoms with van der Waals surface area (Å²) in [4.78, 5) is 8.73. The molecule has 3 heterocycles. The first-order valence-corrected chi connectivity index (χ1v) is 11.9. The summed E-state index contributed by atoms with van der Waals surface area (Å²) in [6.45, 7) is 2.37. The highest BCUT2D eigenvalue weighted by Gasteiger charge is 2.14. The lowest BCUT2D eigenvalue weighted by Crippen LogP contribution is -2.13. The van der Waals surface area contributed by atoms with E-state index in [1.807, 2.05) is 25.3 Å². The molecule has 1 atom stereocenters. The maximum Gasteiger partial charge on any atom is 0.215 e. The van der Waals surface area contributed by atoms with Gasteiger partial charge in [0.15, 0.2) is 11.6 Å². The number of anilines is 2. The summed E-state index contributed by atoms with van der Waals surface area (Å²) < 4.78 is 40.5. The van der Waals surface area contributed by atoms with Crippen LogP contribution in [-0.2, 0) is 5.75 Å². The van der Waals surface area contributed by atoms with Gasteiger partial charge in [-0.05, 0) is 67.8 Å². The zero-order valence-corrected chi connectivity index (χ0v) is 18.8. The van der Waals surface area contributed by atoms with E-state index in [0.29, 0.717) is 35.2 Å². The Morgan fingerprint density at radius 3 is 2.81 bits per heavy atom. The number of hydrogen-bond acceptors (Lipinski definition) is 6. The number of aromatic nitrogens is 2. The Morgan fingerprint density at radius 2 is 1.97 bits per heavy atom. The van der Waals surface area contributed by atoms with Crippen LogP contribution in [0.25, 0.3) is 11.1 Å². The van der Waals surface area contributed by atoms with Crippen molar-refractivity contribution in [2.75, 3.05) is 18.2 Å². The van der Waals surface area contributed by atoms with Gasteiger partial charge < -0.3 is 14.8 Å². The zero-order chi connectivity index (χ0) is 22.5. The fraction of sp³-hybridized carbons (Fsp3) is 0.333. The van der Waals surface area contributed by atoms with Crippen LogP contribution in [0.3, 0.4) is 0 Å². The van der Waals surface area contributed by atoms with Gasteiger partial charge in [0.25, 0.3) is 0 Å². The minimum Gasteiger partial charge on any atom is -0.490 e. The van der Waals surface area contributed by atoms with E-state index < -0.39 is 11.6 Å². The van der Waals surface area contributed by atoms with Crippen molar-refractivity contribution >= 4 is 23.4 Å². The van der Waals surface area contributed by atoms with Gasteiger partial charge in [-0.3, -0.25) is 0 Å². The lowest BCUT2D eigenvalue weighted by atomic mass is 10.1. The Hall–Kier alpha value is -2.87. The van der Waals surface area contributed by atoms with Gasteiger partial charge in [0.2, 0.25) is 5.88 Å². The Labute approximate surface area is 190 Å². The van der Waals surface area contributed by atoms with Crippen LogP contribution in [0.15, 0.2) is 42.6 Å². The average molecular weight is 458 g/mol. The van der Waals surface area contributed by atoms with Crippen molar-refractivity contribution in [3.8, 4) is 22.8 Å². The molecule has 2 aromatic heterocycles. The number of rotatable bonds is 2. The molecule has 0 saturated heterocycles. The van der Waals surface area contributed by atoms with Gasteiger partial charge in [-0.15, -0.1) is 0 Å². The number of ether oxygens (including phenoxy) is 2. The fourth-order valence-corrected chi connectivity index (χ4v) is 4.06. The van der Waals surface area contributed by atoms with Gasteiger partial charge >= 0.3 is 0 Å². The van der Waals surface area contributed by atoms with Crippen molar-refractivity contribution in [3.63, 3.8) is 0 Å². The molecule has 0 spiro atoms. The molecule has 6 bridgehead atoms. The minimum absolute atomic E-state index is 0.0359. The molecule has 0 aliphatic carbocycles. The third-order valence-corrected chi connectivity index (χ3v) is 5.73. The van der Waals surface area contributed by atoms with E-state index in [1.165, 1.54) is 18.2 Å². The maximum atomic E-state index is 14.6. The molecule has 4 rings (SSSR count). The summed E-state index contributed by atoms with van der Waals surface area (Å²) >= 11 is 1.70. The molecule has 1 aliphatic heterocycles. The monoisotopic (exact) mass is 457 g/mol.